The van der Waals surface area contributed by atoms with Crippen LogP contribution in [0.2, 0.25) is 0 Å². The monoisotopic (exact) mass is 255 g/mol. The quantitative estimate of drug-likeness (QED) is 0.479. The third-order valence-corrected chi connectivity index (χ3v) is 3.04. The van der Waals surface area contributed by atoms with E-state index in [0.717, 1.165) is 19.3 Å². The number of hydrogen-bond donors (Lipinski definition) is 3. The zero-order chi connectivity index (χ0) is 13.2. The Morgan fingerprint density at radius 3 is 2.06 bits per heavy atom. The fourth-order valence-electron chi connectivity index (χ4n) is 0.648. The minimum Gasteiger partial charge on any atom is -0.481 e. The molecule has 0 aliphatic heterocycles. The summed E-state index contributed by atoms with van der Waals surface area (Å²) in [4.78, 5) is 9.87. The van der Waals surface area contributed by atoms with E-state index in [9.17, 15) is 13.2 Å². The third-order valence-electron chi connectivity index (χ3n) is 1.83. The summed E-state index contributed by atoms with van der Waals surface area (Å²) in [5.74, 6) is -0.682. The zero-order valence-corrected chi connectivity index (χ0v) is 10.5. The molecule has 98 valence electrons. The fourth-order valence-corrected chi connectivity index (χ4v) is 0.891. The number of hydrogen-bond acceptors (Lipinski definition) is 4. The van der Waals surface area contributed by atoms with Gasteiger partial charge in [0.15, 0.2) is 0 Å². The number of unbranched alkanes of at least 4 members (excludes halogenated alkanes) is 2. The van der Waals surface area contributed by atoms with Crippen molar-refractivity contribution in [3.63, 3.8) is 0 Å². The van der Waals surface area contributed by atoms with Crippen LogP contribution in [-0.4, -0.2) is 35.8 Å². The van der Waals surface area contributed by atoms with Gasteiger partial charge in [-0.05, 0) is 13.3 Å². The molecule has 0 aliphatic rings. The van der Waals surface area contributed by atoms with Gasteiger partial charge in [0.05, 0.1) is 5.25 Å². The lowest BCUT2D eigenvalue weighted by Gasteiger charge is -2.00. The summed E-state index contributed by atoms with van der Waals surface area (Å²) in [5.41, 5.74) is 4.92. The maximum atomic E-state index is 10.0. The Morgan fingerprint density at radius 1 is 1.38 bits per heavy atom. The first-order valence-corrected chi connectivity index (χ1v) is 6.64. The molecule has 0 saturated heterocycles. The molecule has 0 radical (unpaired) electrons. The summed E-state index contributed by atoms with van der Waals surface area (Å²) < 4.78 is 28.3. The average molecular weight is 255 g/mol. The van der Waals surface area contributed by atoms with Crippen molar-refractivity contribution >= 4 is 16.1 Å². The highest BCUT2D eigenvalue weighted by atomic mass is 32.2. The average Bonchev–Trinajstić information content (AvgIpc) is 2.16. The summed E-state index contributed by atoms with van der Waals surface area (Å²) in [6.07, 6.45) is 3.28. The van der Waals surface area contributed by atoms with Crippen LogP contribution in [0.25, 0.3) is 0 Å². The molecule has 0 heterocycles. The fraction of sp³-hybridized carbons (Fsp3) is 0.889. The van der Waals surface area contributed by atoms with Gasteiger partial charge in [-0.1, -0.05) is 19.8 Å². The van der Waals surface area contributed by atoms with Crippen molar-refractivity contribution in [2.75, 3.05) is 6.54 Å². The van der Waals surface area contributed by atoms with Crippen LogP contribution >= 0.6 is 0 Å². The Balaban J connectivity index is 0. The number of aliphatic carboxylic acids is 1. The molecular weight excluding hydrogens is 234 g/mol. The van der Waals surface area contributed by atoms with E-state index >= 15 is 0 Å². The SMILES string of the molecule is CC(CN)S(=O)(=O)O.CCCCCC(=O)O. The molecular formula is C9H21NO5S. The number of carbonyl (C=O) groups is 1. The number of carboxylic acids is 1. The van der Waals surface area contributed by atoms with Gasteiger partial charge >= 0.3 is 5.97 Å². The second-order valence-corrected chi connectivity index (χ2v) is 5.25. The van der Waals surface area contributed by atoms with Crippen molar-refractivity contribution in [2.24, 2.45) is 5.73 Å². The van der Waals surface area contributed by atoms with Gasteiger partial charge in [0, 0.05) is 13.0 Å². The molecule has 0 aromatic carbocycles. The molecule has 0 fully saturated rings. The first kappa shape index (κ1) is 17.7. The zero-order valence-electron chi connectivity index (χ0n) is 9.72. The van der Waals surface area contributed by atoms with Crippen LogP contribution in [0.5, 0.6) is 0 Å². The second kappa shape index (κ2) is 9.56. The van der Waals surface area contributed by atoms with Gasteiger partial charge in [-0.15, -0.1) is 0 Å². The molecule has 0 bridgehead atoms. The maximum absolute atomic E-state index is 10.0. The maximum Gasteiger partial charge on any atom is 0.303 e. The normalized spacial score (nSPS) is 12.5. The molecule has 0 amide bonds. The molecule has 1 atom stereocenters. The predicted molar refractivity (Wildman–Crippen MR) is 61.8 cm³/mol. The number of carboxylic acid groups (broad SMARTS) is 1. The molecule has 0 aromatic heterocycles. The number of nitrogens with two attached hydrogens (primary N) is 1. The molecule has 0 spiro atoms. The molecule has 7 heteroatoms. The standard InChI is InChI=1S/C6H12O2.C3H9NO3S/c1-2-3-4-5-6(7)8;1-3(2-4)8(5,6)7/h2-5H2,1H3,(H,7,8);3H,2,4H2,1H3,(H,5,6,7). The third kappa shape index (κ3) is 13.3. The van der Waals surface area contributed by atoms with Gasteiger partial charge in [-0.3, -0.25) is 9.35 Å². The van der Waals surface area contributed by atoms with E-state index in [0.29, 0.717) is 6.42 Å². The molecule has 16 heavy (non-hydrogen) atoms. The minimum atomic E-state index is -3.88. The molecule has 4 N–H and O–H groups in total. The van der Waals surface area contributed by atoms with Gasteiger partial charge in [0.2, 0.25) is 0 Å². The first-order chi connectivity index (χ1) is 7.25. The second-order valence-electron chi connectivity index (χ2n) is 3.41. The lowest BCUT2D eigenvalue weighted by Crippen LogP contribution is -2.25. The largest absolute Gasteiger partial charge is 0.481 e. The van der Waals surface area contributed by atoms with Crippen LogP contribution < -0.4 is 5.73 Å². The van der Waals surface area contributed by atoms with Crippen molar-refractivity contribution in [2.45, 2.75) is 44.8 Å². The lowest BCUT2D eigenvalue weighted by atomic mass is 10.2. The van der Waals surface area contributed by atoms with Crippen LogP contribution in [0.4, 0.5) is 0 Å². The van der Waals surface area contributed by atoms with E-state index in [1.165, 1.54) is 6.92 Å². The summed E-state index contributed by atoms with van der Waals surface area (Å²) in [7, 11) is -3.88. The molecule has 0 aromatic rings. The molecule has 6 nitrogen and oxygen atoms in total. The van der Waals surface area contributed by atoms with Crippen LogP contribution in [0.1, 0.15) is 39.5 Å². The Labute approximate surface area is 96.6 Å². The van der Waals surface area contributed by atoms with E-state index in [1.54, 1.807) is 0 Å². The Hall–Kier alpha value is -0.660. The summed E-state index contributed by atoms with van der Waals surface area (Å²) in [6, 6.07) is 0. The van der Waals surface area contributed by atoms with Crippen molar-refractivity contribution in [3.05, 3.63) is 0 Å². The van der Waals surface area contributed by atoms with Gasteiger partial charge in [0.25, 0.3) is 10.1 Å². The van der Waals surface area contributed by atoms with Crippen molar-refractivity contribution < 1.29 is 22.9 Å². The van der Waals surface area contributed by atoms with Crippen LogP contribution in [0, 0.1) is 0 Å². The van der Waals surface area contributed by atoms with Crippen molar-refractivity contribution in [1.82, 2.24) is 0 Å². The van der Waals surface area contributed by atoms with Gasteiger partial charge in [0.1, 0.15) is 0 Å². The van der Waals surface area contributed by atoms with E-state index < -0.39 is 21.3 Å². The summed E-state index contributed by atoms with van der Waals surface area (Å²) >= 11 is 0. The smallest absolute Gasteiger partial charge is 0.303 e. The highest BCUT2D eigenvalue weighted by Gasteiger charge is 2.13. The predicted octanol–water partition coefficient (Wildman–Crippen LogP) is 0.873. The molecule has 0 saturated carbocycles. The van der Waals surface area contributed by atoms with Crippen molar-refractivity contribution in [3.8, 4) is 0 Å². The van der Waals surface area contributed by atoms with Crippen LogP contribution in [-0.2, 0) is 14.9 Å². The van der Waals surface area contributed by atoms with Gasteiger partial charge < -0.3 is 10.8 Å². The minimum absolute atomic E-state index is 0.0428. The van der Waals surface area contributed by atoms with E-state index in [4.69, 9.17) is 15.4 Å². The van der Waals surface area contributed by atoms with Crippen molar-refractivity contribution in [1.29, 1.82) is 0 Å². The summed E-state index contributed by atoms with van der Waals surface area (Å²) in [6.45, 7) is 3.36. The van der Waals surface area contributed by atoms with Crippen LogP contribution in [0.3, 0.4) is 0 Å². The van der Waals surface area contributed by atoms with E-state index in [2.05, 4.69) is 6.92 Å². The molecule has 0 aliphatic carbocycles. The lowest BCUT2D eigenvalue weighted by molar-refractivity contribution is -0.137. The number of rotatable bonds is 6. The van der Waals surface area contributed by atoms with Gasteiger partial charge in [-0.2, -0.15) is 8.42 Å². The van der Waals surface area contributed by atoms with Gasteiger partial charge in [-0.25, -0.2) is 0 Å². The molecule has 1 unspecified atom stereocenters. The Morgan fingerprint density at radius 2 is 1.88 bits per heavy atom. The highest BCUT2D eigenvalue weighted by Crippen LogP contribution is 1.97. The highest BCUT2D eigenvalue weighted by molar-refractivity contribution is 7.86. The first-order valence-electron chi connectivity index (χ1n) is 5.13. The van der Waals surface area contributed by atoms with E-state index in [1.807, 2.05) is 0 Å². The molecule has 0 rings (SSSR count). The van der Waals surface area contributed by atoms with E-state index in [-0.39, 0.29) is 6.54 Å². The van der Waals surface area contributed by atoms with Crippen LogP contribution in [0.15, 0.2) is 0 Å². The topological polar surface area (TPSA) is 118 Å². The Kier molecular flexibility index (Phi) is 10.6. The summed E-state index contributed by atoms with van der Waals surface area (Å²) in [5, 5.41) is 7.30. The Bertz CT molecular complexity index is 276.